The molecule has 3 nitrogen and oxygen atoms in total. The Hall–Kier alpha value is -2.00. The molecular weight excluding hydrogens is 298 g/mol. The zero-order valence-electron chi connectivity index (χ0n) is 12.8. The smallest absolute Gasteiger partial charge is 0.261 e. The standard InChI is InChI=1S/C18H20ClNO2/c1-14(2)20(12-15-7-4-3-5-8-15)18(21)13-22-17-10-6-9-16(19)11-17/h3-11,14H,12-13H2,1-2H3. The van der Waals surface area contributed by atoms with Crippen molar-refractivity contribution in [1.29, 1.82) is 0 Å². The average molecular weight is 318 g/mol. The summed E-state index contributed by atoms with van der Waals surface area (Å²) in [7, 11) is 0. The topological polar surface area (TPSA) is 29.5 Å². The fraction of sp³-hybridized carbons (Fsp3) is 0.278. The van der Waals surface area contributed by atoms with Crippen LogP contribution < -0.4 is 4.74 Å². The van der Waals surface area contributed by atoms with Gasteiger partial charge in [0.15, 0.2) is 6.61 Å². The zero-order chi connectivity index (χ0) is 15.9. The van der Waals surface area contributed by atoms with Crippen molar-refractivity contribution in [3.05, 3.63) is 65.2 Å². The van der Waals surface area contributed by atoms with Gasteiger partial charge in [0.2, 0.25) is 0 Å². The minimum atomic E-state index is -0.0428. The predicted octanol–water partition coefficient (Wildman–Crippen LogP) is 4.16. The summed E-state index contributed by atoms with van der Waals surface area (Å²) in [6, 6.07) is 17.1. The maximum atomic E-state index is 12.4. The Morgan fingerprint density at radius 1 is 1.14 bits per heavy atom. The van der Waals surface area contributed by atoms with E-state index in [1.54, 1.807) is 29.2 Å². The van der Waals surface area contributed by atoms with Gasteiger partial charge in [-0.05, 0) is 37.6 Å². The van der Waals surface area contributed by atoms with Crippen molar-refractivity contribution in [3.63, 3.8) is 0 Å². The second kappa shape index (κ2) is 7.85. The number of nitrogens with zero attached hydrogens (tertiary/aromatic N) is 1. The van der Waals surface area contributed by atoms with Gasteiger partial charge >= 0.3 is 0 Å². The highest BCUT2D eigenvalue weighted by Gasteiger charge is 2.17. The van der Waals surface area contributed by atoms with Crippen LogP contribution in [0.4, 0.5) is 0 Å². The quantitative estimate of drug-likeness (QED) is 0.800. The van der Waals surface area contributed by atoms with Crippen molar-refractivity contribution < 1.29 is 9.53 Å². The van der Waals surface area contributed by atoms with Gasteiger partial charge < -0.3 is 9.64 Å². The maximum Gasteiger partial charge on any atom is 0.261 e. The van der Waals surface area contributed by atoms with Crippen molar-refractivity contribution in [2.45, 2.75) is 26.4 Å². The fourth-order valence-corrected chi connectivity index (χ4v) is 2.30. The zero-order valence-corrected chi connectivity index (χ0v) is 13.6. The van der Waals surface area contributed by atoms with E-state index in [-0.39, 0.29) is 18.6 Å². The van der Waals surface area contributed by atoms with E-state index in [4.69, 9.17) is 16.3 Å². The summed E-state index contributed by atoms with van der Waals surface area (Å²) in [5.41, 5.74) is 1.10. The molecule has 4 heteroatoms. The van der Waals surface area contributed by atoms with Crippen LogP contribution in [0.1, 0.15) is 19.4 Å². The molecule has 0 aliphatic carbocycles. The van der Waals surface area contributed by atoms with Gasteiger partial charge in [0.05, 0.1) is 0 Å². The van der Waals surface area contributed by atoms with E-state index in [9.17, 15) is 4.79 Å². The number of halogens is 1. The molecule has 0 aliphatic heterocycles. The Morgan fingerprint density at radius 3 is 2.50 bits per heavy atom. The van der Waals surface area contributed by atoms with Gasteiger partial charge in [-0.2, -0.15) is 0 Å². The Bertz CT molecular complexity index is 613. The SMILES string of the molecule is CC(C)N(Cc1ccccc1)C(=O)COc1cccc(Cl)c1. The second-order valence-corrected chi connectivity index (χ2v) is 5.78. The van der Waals surface area contributed by atoms with Crippen LogP contribution in [0.5, 0.6) is 5.75 Å². The number of hydrogen-bond donors (Lipinski definition) is 0. The number of ether oxygens (including phenoxy) is 1. The maximum absolute atomic E-state index is 12.4. The third kappa shape index (κ3) is 4.78. The lowest BCUT2D eigenvalue weighted by Crippen LogP contribution is -2.39. The molecule has 0 N–H and O–H groups in total. The van der Waals surface area contributed by atoms with Crippen molar-refractivity contribution >= 4 is 17.5 Å². The van der Waals surface area contributed by atoms with Crippen molar-refractivity contribution in [1.82, 2.24) is 4.90 Å². The molecule has 0 fully saturated rings. The molecular formula is C18H20ClNO2. The Labute approximate surface area is 136 Å². The first-order valence-electron chi connectivity index (χ1n) is 7.28. The van der Waals surface area contributed by atoms with Crippen LogP contribution in [0, 0.1) is 0 Å². The molecule has 0 saturated carbocycles. The molecule has 0 aliphatic rings. The Balaban J connectivity index is 1.98. The Kier molecular flexibility index (Phi) is 5.84. The molecule has 0 aromatic heterocycles. The molecule has 0 heterocycles. The van der Waals surface area contributed by atoms with Crippen LogP contribution in [-0.2, 0) is 11.3 Å². The third-order valence-corrected chi connectivity index (χ3v) is 3.53. The van der Waals surface area contributed by atoms with Gasteiger partial charge in [-0.15, -0.1) is 0 Å². The summed E-state index contributed by atoms with van der Waals surface area (Å²) in [6.45, 7) is 4.59. The molecule has 0 unspecified atom stereocenters. The largest absolute Gasteiger partial charge is 0.484 e. The van der Waals surface area contributed by atoms with E-state index in [0.717, 1.165) is 5.56 Å². The van der Waals surface area contributed by atoms with Crippen LogP contribution in [0.25, 0.3) is 0 Å². The highest BCUT2D eigenvalue weighted by atomic mass is 35.5. The van der Waals surface area contributed by atoms with E-state index in [1.807, 2.05) is 44.2 Å². The minimum Gasteiger partial charge on any atom is -0.484 e. The van der Waals surface area contributed by atoms with Crippen LogP contribution in [0.2, 0.25) is 5.02 Å². The summed E-state index contributed by atoms with van der Waals surface area (Å²) in [5, 5.41) is 0.593. The van der Waals surface area contributed by atoms with Crippen LogP contribution in [0.3, 0.4) is 0 Å². The molecule has 0 bridgehead atoms. The summed E-state index contributed by atoms with van der Waals surface area (Å²) in [6.07, 6.45) is 0. The van der Waals surface area contributed by atoms with Crippen LogP contribution in [0.15, 0.2) is 54.6 Å². The third-order valence-electron chi connectivity index (χ3n) is 3.30. The summed E-state index contributed by atoms with van der Waals surface area (Å²) >= 11 is 5.91. The lowest BCUT2D eigenvalue weighted by atomic mass is 10.2. The molecule has 0 radical (unpaired) electrons. The molecule has 0 saturated heterocycles. The van der Waals surface area contributed by atoms with Crippen molar-refractivity contribution in [3.8, 4) is 5.75 Å². The number of hydrogen-bond acceptors (Lipinski definition) is 2. The first-order chi connectivity index (χ1) is 10.6. The average Bonchev–Trinajstić information content (AvgIpc) is 2.51. The van der Waals surface area contributed by atoms with E-state index in [2.05, 4.69) is 0 Å². The summed E-state index contributed by atoms with van der Waals surface area (Å²) < 4.78 is 5.54. The molecule has 22 heavy (non-hydrogen) atoms. The molecule has 2 aromatic rings. The molecule has 2 rings (SSSR count). The molecule has 1 amide bonds. The minimum absolute atomic E-state index is 0.00531. The molecule has 0 atom stereocenters. The number of benzene rings is 2. The van der Waals surface area contributed by atoms with Crippen molar-refractivity contribution in [2.75, 3.05) is 6.61 Å². The predicted molar refractivity (Wildman–Crippen MR) is 89.1 cm³/mol. The van der Waals surface area contributed by atoms with Crippen LogP contribution >= 0.6 is 11.6 Å². The summed E-state index contributed by atoms with van der Waals surface area (Å²) in [4.78, 5) is 14.2. The number of carbonyl (C=O) groups excluding carboxylic acids is 1. The first kappa shape index (κ1) is 16.4. The summed E-state index contributed by atoms with van der Waals surface area (Å²) in [5.74, 6) is 0.558. The van der Waals surface area contributed by atoms with Gasteiger partial charge in [-0.25, -0.2) is 0 Å². The highest BCUT2D eigenvalue weighted by Crippen LogP contribution is 2.17. The highest BCUT2D eigenvalue weighted by molar-refractivity contribution is 6.30. The van der Waals surface area contributed by atoms with Crippen molar-refractivity contribution in [2.24, 2.45) is 0 Å². The monoisotopic (exact) mass is 317 g/mol. The fourth-order valence-electron chi connectivity index (χ4n) is 2.12. The molecule has 2 aromatic carbocycles. The lowest BCUT2D eigenvalue weighted by Gasteiger charge is -2.27. The first-order valence-corrected chi connectivity index (χ1v) is 7.66. The van der Waals surface area contributed by atoms with Crippen LogP contribution in [-0.4, -0.2) is 23.5 Å². The van der Waals surface area contributed by atoms with Gasteiger partial charge in [-0.3, -0.25) is 4.79 Å². The number of rotatable bonds is 6. The second-order valence-electron chi connectivity index (χ2n) is 5.35. The van der Waals surface area contributed by atoms with Gasteiger partial charge in [0.1, 0.15) is 5.75 Å². The van der Waals surface area contributed by atoms with E-state index in [1.165, 1.54) is 0 Å². The lowest BCUT2D eigenvalue weighted by molar-refractivity contribution is -0.135. The van der Waals surface area contributed by atoms with E-state index >= 15 is 0 Å². The van der Waals surface area contributed by atoms with E-state index < -0.39 is 0 Å². The Morgan fingerprint density at radius 2 is 1.86 bits per heavy atom. The van der Waals surface area contributed by atoms with Gasteiger partial charge in [-0.1, -0.05) is 48.0 Å². The van der Waals surface area contributed by atoms with Gasteiger partial charge in [0, 0.05) is 17.6 Å². The normalized spacial score (nSPS) is 10.5. The molecule has 116 valence electrons. The number of amides is 1. The van der Waals surface area contributed by atoms with Gasteiger partial charge in [0.25, 0.3) is 5.91 Å². The molecule has 0 spiro atoms. The number of carbonyl (C=O) groups is 1. The van der Waals surface area contributed by atoms with E-state index in [0.29, 0.717) is 17.3 Å².